The molecule has 0 saturated carbocycles. The molecule has 0 aliphatic rings. The Kier molecular flexibility index (Phi) is 3.15. The molecule has 3 aromatic heterocycles. The van der Waals surface area contributed by atoms with Crippen molar-refractivity contribution in [3.63, 3.8) is 0 Å². The second-order valence-corrected chi connectivity index (χ2v) is 6.01. The fraction of sp³-hybridized carbons (Fsp3) is 0. The maximum atomic E-state index is 12.3. The van der Waals surface area contributed by atoms with Crippen LogP contribution in [0.2, 0.25) is 0 Å². The maximum absolute atomic E-state index is 12.3. The van der Waals surface area contributed by atoms with Crippen LogP contribution in [0.3, 0.4) is 0 Å². The van der Waals surface area contributed by atoms with Crippen LogP contribution in [0.4, 0.5) is 0 Å². The average Bonchev–Trinajstić information content (AvgIpc) is 3.12. The minimum absolute atomic E-state index is 0.270. The van der Waals surface area contributed by atoms with Gasteiger partial charge in [0.15, 0.2) is 5.82 Å². The molecule has 2 N–H and O–H groups in total. The van der Waals surface area contributed by atoms with Gasteiger partial charge in [-0.1, -0.05) is 24.3 Å². The SMILES string of the molecule is O=c1nc(-c2n[nH]c3ccc(-c4cccnc4)cc23)[nH]c2ccccc12. The first-order chi connectivity index (χ1) is 12.8. The first-order valence-corrected chi connectivity index (χ1v) is 8.17. The van der Waals surface area contributed by atoms with E-state index in [2.05, 4.69) is 25.1 Å². The van der Waals surface area contributed by atoms with Crippen molar-refractivity contribution in [2.24, 2.45) is 0 Å². The van der Waals surface area contributed by atoms with E-state index in [1.54, 1.807) is 12.3 Å². The summed E-state index contributed by atoms with van der Waals surface area (Å²) in [6.45, 7) is 0. The summed E-state index contributed by atoms with van der Waals surface area (Å²) in [5, 5.41) is 8.84. The summed E-state index contributed by atoms with van der Waals surface area (Å²) in [5.74, 6) is 0.447. The lowest BCUT2D eigenvalue weighted by atomic mass is 10.0. The Labute approximate surface area is 147 Å². The lowest BCUT2D eigenvalue weighted by molar-refractivity contribution is 1.08. The third-order valence-corrected chi connectivity index (χ3v) is 4.41. The van der Waals surface area contributed by atoms with Crippen LogP contribution in [-0.4, -0.2) is 25.1 Å². The molecule has 0 atom stereocenters. The third kappa shape index (κ3) is 2.28. The van der Waals surface area contributed by atoms with Crippen molar-refractivity contribution < 1.29 is 0 Å². The van der Waals surface area contributed by atoms with E-state index in [-0.39, 0.29) is 5.56 Å². The van der Waals surface area contributed by atoms with Crippen molar-refractivity contribution in [2.75, 3.05) is 0 Å². The number of benzene rings is 2. The Bertz CT molecular complexity index is 1300. The molecule has 0 amide bonds. The average molecular weight is 339 g/mol. The maximum Gasteiger partial charge on any atom is 0.281 e. The van der Waals surface area contributed by atoms with Crippen LogP contribution < -0.4 is 5.56 Å². The van der Waals surface area contributed by atoms with Crippen LogP contribution >= 0.6 is 0 Å². The number of H-pyrrole nitrogens is 2. The highest BCUT2D eigenvalue weighted by Crippen LogP contribution is 2.28. The fourth-order valence-corrected chi connectivity index (χ4v) is 3.12. The van der Waals surface area contributed by atoms with E-state index in [1.807, 2.05) is 54.7 Å². The predicted molar refractivity (Wildman–Crippen MR) is 101 cm³/mol. The van der Waals surface area contributed by atoms with Crippen LogP contribution in [0.1, 0.15) is 0 Å². The molecule has 5 aromatic rings. The predicted octanol–water partition coefficient (Wildman–Crippen LogP) is 3.53. The van der Waals surface area contributed by atoms with E-state index >= 15 is 0 Å². The molecule has 2 aromatic carbocycles. The van der Waals surface area contributed by atoms with E-state index < -0.39 is 0 Å². The molecule has 0 fully saturated rings. The summed E-state index contributed by atoms with van der Waals surface area (Å²) < 4.78 is 0. The van der Waals surface area contributed by atoms with Gasteiger partial charge in [-0.2, -0.15) is 10.1 Å². The quantitative estimate of drug-likeness (QED) is 0.515. The van der Waals surface area contributed by atoms with Gasteiger partial charge in [-0.25, -0.2) is 0 Å². The van der Waals surface area contributed by atoms with E-state index in [0.717, 1.165) is 27.5 Å². The zero-order valence-corrected chi connectivity index (χ0v) is 13.6. The number of aromatic amines is 2. The molecule has 26 heavy (non-hydrogen) atoms. The highest BCUT2D eigenvalue weighted by Gasteiger charge is 2.13. The molecular formula is C20H13N5O. The molecule has 0 bridgehead atoms. The van der Waals surface area contributed by atoms with E-state index in [1.165, 1.54) is 0 Å². The van der Waals surface area contributed by atoms with E-state index in [9.17, 15) is 4.79 Å². The standard InChI is InChI=1S/C20H13N5O/c26-20-14-5-1-2-6-16(14)22-19(23-20)18-15-10-12(7-8-17(15)24-25-18)13-4-3-9-21-11-13/h1-11H,(H,24,25)(H,22,23,26). The Hall–Kier alpha value is -3.80. The lowest BCUT2D eigenvalue weighted by Gasteiger charge is -2.03. The molecule has 0 saturated heterocycles. The number of rotatable bonds is 2. The Balaban J connectivity index is 1.74. The van der Waals surface area contributed by atoms with Crippen LogP contribution in [0.25, 0.3) is 44.5 Å². The van der Waals surface area contributed by atoms with Crippen molar-refractivity contribution in [3.8, 4) is 22.6 Å². The van der Waals surface area contributed by atoms with Gasteiger partial charge in [0.1, 0.15) is 5.69 Å². The first-order valence-electron chi connectivity index (χ1n) is 8.17. The van der Waals surface area contributed by atoms with Crippen LogP contribution in [0, 0.1) is 0 Å². The molecule has 0 aliphatic carbocycles. The van der Waals surface area contributed by atoms with E-state index in [4.69, 9.17) is 0 Å². The molecule has 124 valence electrons. The number of nitrogens with zero attached hydrogens (tertiary/aromatic N) is 3. The highest BCUT2D eigenvalue weighted by molar-refractivity contribution is 5.95. The molecule has 0 radical (unpaired) electrons. The molecule has 3 heterocycles. The van der Waals surface area contributed by atoms with E-state index in [0.29, 0.717) is 16.9 Å². The molecular weight excluding hydrogens is 326 g/mol. The summed E-state index contributed by atoms with van der Waals surface area (Å²) in [6.07, 6.45) is 3.56. The van der Waals surface area contributed by atoms with Crippen molar-refractivity contribution in [1.29, 1.82) is 0 Å². The highest BCUT2D eigenvalue weighted by atomic mass is 16.1. The van der Waals surface area contributed by atoms with Gasteiger partial charge in [0, 0.05) is 23.3 Å². The van der Waals surface area contributed by atoms with Gasteiger partial charge >= 0.3 is 0 Å². The smallest absolute Gasteiger partial charge is 0.281 e. The van der Waals surface area contributed by atoms with Crippen molar-refractivity contribution in [1.82, 2.24) is 25.1 Å². The largest absolute Gasteiger partial charge is 0.338 e. The second-order valence-electron chi connectivity index (χ2n) is 6.01. The van der Waals surface area contributed by atoms with Crippen LogP contribution in [0.15, 0.2) is 71.8 Å². The molecule has 6 heteroatoms. The minimum atomic E-state index is -0.270. The van der Waals surface area contributed by atoms with Crippen molar-refractivity contribution in [3.05, 3.63) is 77.3 Å². The Morgan fingerprint density at radius 3 is 2.65 bits per heavy atom. The Morgan fingerprint density at radius 2 is 1.77 bits per heavy atom. The third-order valence-electron chi connectivity index (χ3n) is 4.41. The number of pyridine rings is 1. The number of fused-ring (bicyclic) bond motifs is 2. The zero-order chi connectivity index (χ0) is 17.5. The van der Waals surface area contributed by atoms with Gasteiger partial charge in [-0.15, -0.1) is 0 Å². The van der Waals surface area contributed by atoms with Gasteiger partial charge in [-0.3, -0.25) is 14.9 Å². The van der Waals surface area contributed by atoms with Gasteiger partial charge in [-0.05, 0) is 35.9 Å². The second kappa shape index (κ2) is 5.63. The Morgan fingerprint density at radius 1 is 0.846 bits per heavy atom. The number of nitrogens with one attached hydrogen (secondary N) is 2. The number of aromatic nitrogens is 5. The van der Waals surface area contributed by atoms with Crippen molar-refractivity contribution in [2.45, 2.75) is 0 Å². The molecule has 0 unspecified atom stereocenters. The molecule has 6 nitrogen and oxygen atoms in total. The van der Waals surface area contributed by atoms with Gasteiger partial charge in [0.2, 0.25) is 0 Å². The lowest BCUT2D eigenvalue weighted by Crippen LogP contribution is -2.09. The topological polar surface area (TPSA) is 87.3 Å². The summed E-state index contributed by atoms with van der Waals surface area (Å²) in [4.78, 5) is 23.9. The number of hydrogen-bond acceptors (Lipinski definition) is 4. The molecule has 5 rings (SSSR count). The molecule has 0 aliphatic heterocycles. The summed E-state index contributed by atoms with van der Waals surface area (Å²) in [7, 11) is 0. The summed E-state index contributed by atoms with van der Waals surface area (Å²) in [6, 6.07) is 17.2. The van der Waals surface area contributed by atoms with Crippen LogP contribution in [-0.2, 0) is 0 Å². The monoisotopic (exact) mass is 339 g/mol. The van der Waals surface area contributed by atoms with Crippen LogP contribution in [0.5, 0.6) is 0 Å². The number of hydrogen-bond donors (Lipinski definition) is 2. The minimum Gasteiger partial charge on any atom is -0.338 e. The fourth-order valence-electron chi connectivity index (χ4n) is 3.12. The summed E-state index contributed by atoms with van der Waals surface area (Å²) in [5.41, 5.74) is 4.01. The van der Waals surface area contributed by atoms with Crippen molar-refractivity contribution >= 4 is 21.8 Å². The van der Waals surface area contributed by atoms with Gasteiger partial charge in [0.05, 0.1) is 16.4 Å². The molecule has 0 spiro atoms. The number of para-hydroxylation sites is 1. The normalized spacial score (nSPS) is 11.2. The zero-order valence-electron chi connectivity index (χ0n) is 13.6. The first kappa shape index (κ1) is 14.5. The summed E-state index contributed by atoms with van der Waals surface area (Å²) >= 11 is 0. The van der Waals surface area contributed by atoms with Gasteiger partial charge < -0.3 is 4.98 Å². The van der Waals surface area contributed by atoms with Gasteiger partial charge in [0.25, 0.3) is 5.56 Å².